The van der Waals surface area contributed by atoms with E-state index in [9.17, 15) is 8.42 Å². The van der Waals surface area contributed by atoms with Gasteiger partial charge in [-0.2, -0.15) is 5.10 Å². The number of hydrogen-bond acceptors (Lipinski definition) is 5. The summed E-state index contributed by atoms with van der Waals surface area (Å²) in [6, 6.07) is 3.70. The Morgan fingerprint density at radius 3 is 2.71 bits per heavy atom. The molecule has 0 bridgehead atoms. The van der Waals surface area contributed by atoms with E-state index in [-0.39, 0.29) is 4.90 Å². The quantitative estimate of drug-likeness (QED) is 0.744. The zero-order valence-corrected chi connectivity index (χ0v) is 12.4. The van der Waals surface area contributed by atoms with Crippen molar-refractivity contribution >= 4 is 15.7 Å². The fourth-order valence-electron chi connectivity index (χ4n) is 2.10. The third-order valence-corrected chi connectivity index (χ3v) is 4.88. The Kier molecular flexibility index (Phi) is 3.64. The normalized spacial score (nSPS) is 15.1. The highest BCUT2D eigenvalue weighted by Gasteiger charge is 2.26. The van der Waals surface area contributed by atoms with Gasteiger partial charge in [0.1, 0.15) is 4.90 Å². The van der Waals surface area contributed by atoms with Crippen molar-refractivity contribution < 1.29 is 8.42 Å². The minimum Gasteiger partial charge on any atom is -0.308 e. The second-order valence-electron chi connectivity index (χ2n) is 5.12. The molecule has 1 aliphatic carbocycles. The van der Waals surface area contributed by atoms with E-state index in [2.05, 4.69) is 25.2 Å². The SMILES string of the molecule is Cc1[nH]nc(CNC2CC2)c1S(=O)(=O)Nc1ccncc1. The van der Waals surface area contributed by atoms with E-state index in [0.29, 0.717) is 29.7 Å². The molecule has 112 valence electrons. The average Bonchev–Trinajstić information content (AvgIpc) is 3.19. The van der Waals surface area contributed by atoms with Crippen molar-refractivity contribution in [2.45, 2.75) is 37.2 Å². The first-order valence-electron chi connectivity index (χ1n) is 6.76. The van der Waals surface area contributed by atoms with Crippen molar-refractivity contribution in [1.82, 2.24) is 20.5 Å². The number of pyridine rings is 1. The smallest absolute Gasteiger partial charge is 0.265 e. The van der Waals surface area contributed by atoms with Gasteiger partial charge in [0.05, 0.1) is 17.1 Å². The Labute approximate surface area is 123 Å². The molecule has 3 N–H and O–H groups in total. The van der Waals surface area contributed by atoms with Crippen LogP contribution in [0.25, 0.3) is 0 Å². The zero-order valence-electron chi connectivity index (χ0n) is 11.6. The Bertz CT molecular complexity index is 722. The molecule has 0 amide bonds. The Morgan fingerprint density at radius 2 is 2.05 bits per heavy atom. The van der Waals surface area contributed by atoms with E-state index in [4.69, 9.17) is 0 Å². The summed E-state index contributed by atoms with van der Waals surface area (Å²) >= 11 is 0. The number of sulfonamides is 1. The van der Waals surface area contributed by atoms with Crippen molar-refractivity contribution in [2.24, 2.45) is 0 Å². The van der Waals surface area contributed by atoms with Crippen molar-refractivity contribution in [3.05, 3.63) is 35.9 Å². The van der Waals surface area contributed by atoms with Gasteiger partial charge in [0.25, 0.3) is 10.0 Å². The van der Waals surface area contributed by atoms with E-state index in [0.717, 1.165) is 12.8 Å². The number of aromatic nitrogens is 3. The first-order chi connectivity index (χ1) is 10.1. The van der Waals surface area contributed by atoms with Crippen LogP contribution in [0.4, 0.5) is 5.69 Å². The summed E-state index contributed by atoms with van der Waals surface area (Å²) in [7, 11) is -3.67. The summed E-state index contributed by atoms with van der Waals surface area (Å²) in [6.45, 7) is 2.15. The molecule has 0 saturated heterocycles. The van der Waals surface area contributed by atoms with Gasteiger partial charge in [0.15, 0.2) is 0 Å². The van der Waals surface area contributed by atoms with Crippen LogP contribution < -0.4 is 10.0 Å². The van der Waals surface area contributed by atoms with Crippen molar-refractivity contribution in [2.75, 3.05) is 4.72 Å². The molecule has 7 nitrogen and oxygen atoms in total. The van der Waals surface area contributed by atoms with E-state index in [1.54, 1.807) is 19.1 Å². The Hall–Kier alpha value is -1.93. The molecule has 0 unspecified atom stereocenters. The van der Waals surface area contributed by atoms with Crippen LogP contribution in [0.1, 0.15) is 24.2 Å². The van der Waals surface area contributed by atoms with Gasteiger partial charge in [-0.25, -0.2) is 8.42 Å². The lowest BCUT2D eigenvalue weighted by atomic mass is 10.3. The van der Waals surface area contributed by atoms with Crippen LogP contribution in [0.3, 0.4) is 0 Å². The molecule has 2 aromatic rings. The Morgan fingerprint density at radius 1 is 1.33 bits per heavy atom. The van der Waals surface area contributed by atoms with Crippen LogP contribution in [-0.2, 0) is 16.6 Å². The minimum atomic E-state index is -3.67. The fraction of sp³-hybridized carbons (Fsp3) is 0.385. The summed E-state index contributed by atoms with van der Waals surface area (Å²) in [4.78, 5) is 4.08. The first-order valence-corrected chi connectivity index (χ1v) is 8.24. The Balaban J connectivity index is 1.85. The molecule has 1 saturated carbocycles. The number of rotatable bonds is 6. The van der Waals surface area contributed by atoms with E-state index in [1.165, 1.54) is 12.4 Å². The second-order valence-corrected chi connectivity index (χ2v) is 6.74. The van der Waals surface area contributed by atoms with Gasteiger partial charge in [-0.05, 0) is 31.9 Å². The molecule has 0 radical (unpaired) electrons. The largest absolute Gasteiger partial charge is 0.308 e. The monoisotopic (exact) mass is 307 g/mol. The average molecular weight is 307 g/mol. The molecule has 0 aliphatic heterocycles. The van der Waals surface area contributed by atoms with Gasteiger partial charge in [-0.1, -0.05) is 0 Å². The van der Waals surface area contributed by atoms with Gasteiger partial charge >= 0.3 is 0 Å². The lowest BCUT2D eigenvalue weighted by Crippen LogP contribution is -2.20. The van der Waals surface area contributed by atoms with Gasteiger partial charge in [0, 0.05) is 25.0 Å². The maximum Gasteiger partial charge on any atom is 0.265 e. The standard InChI is InChI=1S/C13H17N5O2S/c1-9-13(12(17-16-9)8-15-10-2-3-10)21(19,20)18-11-4-6-14-7-5-11/h4-7,10,15H,2-3,8H2,1H3,(H,14,18)(H,16,17). The maximum atomic E-state index is 12.5. The topological polar surface area (TPSA) is 99.8 Å². The van der Waals surface area contributed by atoms with Crippen molar-refractivity contribution in [1.29, 1.82) is 0 Å². The van der Waals surface area contributed by atoms with Crippen LogP contribution in [0.2, 0.25) is 0 Å². The van der Waals surface area contributed by atoms with Crippen LogP contribution >= 0.6 is 0 Å². The number of aromatic amines is 1. The number of aryl methyl sites for hydroxylation is 1. The number of nitrogens with one attached hydrogen (secondary N) is 3. The van der Waals surface area contributed by atoms with Gasteiger partial charge in [-0.15, -0.1) is 0 Å². The molecule has 21 heavy (non-hydrogen) atoms. The molecule has 2 heterocycles. The van der Waals surface area contributed by atoms with E-state index < -0.39 is 10.0 Å². The summed E-state index contributed by atoms with van der Waals surface area (Å²) in [6.07, 6.45) is 5.35. The van der Waals surface area contributed by atoms with Crippen LogP contribution in [0.5, 0.6) is 0 Å². The molecular formula is C13H17N5O2S. The number of hydrogen-bond donors (Lipinski definition) is 3. The third kappa shape index (κ3) is 3.22. The van der Waals surface area contributed by atoms with Crippen molar-refractivity contribution in [3.8, 4) is 0 Å². The van der Waals surface area contributed by atoms with Crippen LogP contribution in [-0.4, -0.2) is 29.6 Å². The van der Waals surface area contributed by atoms with Crippen LogP contribution in [0, 0.1) is 6.92 Å². The third-order valence-electron chi connectivity index (χ3n) is 3.30. The van der Waals surface area contributed by atoms with Gasteiger partial charge in [-0.3, -0.25) is 14.8 Å². The highest BCUT2D eigenvalue weighted by atomic mass is 32.2. The molecule has 2 aromatic heterocycles. The highest BCUT2D eigenvalue weighted by molar-refractivity contribution is 7.92. The van der Waals surface area contributed by atoms with E-state index >= 15 is 0 Å². The molecular weight excluding hydrogens is 290 g/mol. The molecule has 0 atom stereocenters. The predicted molar refractivity (Wildman–Crippen MR) is 78.2 cm³/mol. The minimum absolute atomic E-state index is 0.215. The number of anilines is 1. The van der Waals surface area contributed by atoms with Gasteiger partial charge < -0.3 is 5.32 Å². The zero-order chi connectivity index (χ0) is 14.9. The highest BCUT2D eigenvalue weighted by Crippen LogP contribution is 2.23. The summed E-state index contributed by atoms with van der Waals surface area (Å²) in [5.41, 5.74) is 1.52. The van der Waals surface area contributed by atoms with Crippen molar-refractivity contribution in [3.63, 3.8) is 0 Å². The summed E-state index contributed by atoms with van der Waals surface area (Å²) in [5.74, 6) is 0. The molecule has 8 heteroatoms. The predicted octanol–water partition coefficient (Wildman–Crippen LogP) is 1.17. The summed E-state index contributed by atoms with van der Waals surface area (Å²) in [5, 5.41) is 10.1. The molecule has 1 fully saturated rings. The lowest BCUT2D eigenvalue weighted by Gasteiger charge is -2.09. The molecule has 0 aromatic carbocycles. The molecule has 1 aliphatic rings. The second kappa shape index (κ2) is 5.45. The molecule has 0 spiro atoms. The summed E-state index contributed by atoms with van der Waals surface area (Å²) < 4.78 is 27.6. The van der Waals surface area contributed by atoms with Gasteiger partial charge in [0.2, 0.25) is 0 Å². The molecule has 3 rings (SSSR count). The number of nitrogens with zero attached hydrogens (tertiary/aromatic N) is 2. The lowest BCUT2D eigenvalue weighted by molar-refractivity contribution is 0.596. The maximum absolute atomic E-state index is 12.5. The fourth-order valence-corrected chi connectivity index (χ4v) is 3.53. The van der Waals surface area contributed by atoms with Crippen LogP contribution in [0.15, 0.2) is 29.4 Å². The first kappa shape index (κ1) is 14.0. The van der Waals surface area contributed by atoms with E-state index in [1.807, 2.05) is 0 Å². The number of H-pyrrole nitrogens is 1.